The second kappa shape index (κ2) is 7.80. The average molecular weight is 384 g/mol. The van der Waals surface area contributed by atoms with Crippen molar-refractivity contribution in [1.29, 1.82) is 0 Å². The van der Waals surface area contributed by atoms with E-state index in [1.165, 1.54) is 5.56 Å². The van der Waals surface area contributed by atoms with Gasteiger partial charge in [0.2, 0.25) is 0 Å². The van der Waals surface area contributed by atoms with Crippen LogP contribution in [0.5, 0.6) is 11.5 Å². The van der Waals surface area contributed by atoms with Crippen molar-refractivity contribution in [2.45, 2.75) is 38.4 Å². The number of aliphatic imine (C=N–C) groups is 1. The molecule has 1 aromatic carbocycles. The van der Waals surface area contributed by atoms with Gasteiger partial charge in [0.1, 0.15) is 6.04 Å². The van der Waals surface area contributed by atoms with Crippen molar-refractivity contribution in [1.82, 2.24) is 9.88 Å². The normalized spacial score (nSPS) is 23.9. The van der Waals surface area contributed by atoms with Crippen molar-refractivity contribution in [3.8, 4) is 11.5 Å². The van der Waals surface area contributed by atoms with Crippen molar-refractivity contribution in [2.75, 3.05) is 19.5 Å². The first kappa shape index (κ1) is 18.2. The standard InChI is InChI=1S/C21H25N3O2S/c1-4-15-13-27-21-23-19(16-8-6-7-11-22-16)20(24(15)21)14-9-10-17(25-3)18(12-14)26-5-2/h6-12,15,19-20H,4-5,13H2,1-3H3/t15-,19-,20+/m0/s1. The second-order valence-corrected chi connectivity index (χ2v) is 7.67. The summed E-state index contributed by atoms with van der Waals surface area (Å²) in [5.41, 5.74) is 2.20. The summed E-state index contributed by atoms with van der Waals surface area (Å²) in [6.45, 7) is 4.84. The molecule has 1 fully saturated rings. The smallest absolute Gasteiger partial charge is 0.161 e. The molecule has 3 heterocycles. The van der Waals surface area contributed by atoms with Crippen LogP contribution in [0.3, 0.4) is 0 Å². The van der Waals surface area contributed by atoms with E-state index in [4.69, 9.17) is 14.5 Å². The van der Waals surface area contributed by atoms with Crippen LogP contribution >= 0.6 is 11.8 Å². The zero-order valence-corrected chi connectivity index (χ0v) is 16.8. The summed E-state index contributed by atoms with van der Waals surface area (Å²) in [6.07, 6.45) is 2.95. The maximum Gasteiger partial charge on any atom is 0.161 e. The molecule has 0 radical (unpaired) electrons. The Morgan fingerprint density at radius 1 is 1.19 bits per heavy atom. The maximum atomic E-state index is 5.83. The van der Waals surface area contributed by atoms with Crippen molar-refractivity contribution in [3.63, 3.8) is 0 Å². The Balaban J connectivity index is 1.78. The number of ether oxygens (including phenoxy) is 2. The number of benzene rings is 1. The molecule has 142 valence electrons. The topological polar surface area (TPSA) is 47.0 Å². The minimum Gasteiger partial charge on any atom is -0.493 e. The summed E-state index contributed by atoms with van der Waals surface area (Å²) >= 11 is 1.86. The van der Waals surface area contributed by atoms with Crippen LogP contribution in [0.1, 0.15) is 43.6 Å². The monoisotopic (exact) mass is 383 g/mol. The van der Waals surface area contributed by atoms with Gasteiger partial charge in [-0.2, -0.15) is 0 Å². The number of aromatic nitrogens is 1. The Labute approximate surface area is 164 Å². The predicted octanol–water partition coefficient (Wildman–Crippen LogP) is 4.47. The van der Waals surface area contributed by atoms with Gasteiger partial charge in [-0.15, -0.1) is 0 Å². The van der Waals surface area contributed by atoms with E-state index in [9.17, 15) is 0 Å². The molecule has 5 nitrogen and oxygen atoms in total. The Morgan fingerprint density at radius 3 is 2.78 bits per heavy atom. The lowest BCUT2D eigenvalue weighted by molar-refractivity contribution is 0.253. The third-order valence-corrected chi connectivity index (χ3v) is 6.28. The highest BCUT2D eigenvalue weighted by Gasteiger charge is 2.45. The first-order chi connectivity index (χ1) is 13.3. The van der Waals surface area contributed by atoms with Gasteiger partial charge in [0.05, 0.1) is 25.5 Å². The fourth-order valence-electron chi connectivity index (χ4n) is 3.86. The number of methoxy groups -OCH3 is 1. The molecular weight excluding hydrogens is 358 g/mol. The molecule has 4 rings (SSSR count). The molecule has 0 amide bonds. The van der Waals surface area contributed by atoms with E-state index in [-0.39, 0.29) is 12.1 Å². The van der Waals surface area contributed by atoms with Crippen LogP contribution in [-0.2, 0) is 0 Å². The zero-order chi connectivity index (χ0) is 18.8. The molecule has 0 saturated carbocycles. The third kappa shape index (κ3) is 3.27. The van der Waals surface area contributed by atoms with Crippen LogP contribution in [0, 0.1) is 0 Å². The third-order valence-electron chi connectivity index (χ3n) is 5.16. The predicted molar refractivity (Wildman–Crippen MR) is 110 cm³/mol. The van der Waals surface area contributed by atoms with E-state index in [0.29, 0.717) is 12.6 Å². The van der Waals surface area contributed by atoms with Crippen LogP contribution in [0.15, 0.2) is 47.6 Å². The van der Waals surface area contributed by atoms with Crippen LogP contribution in [0.25, 0.3) is 0 Å². The van der Waals surface area contributed by atoms with E-state index in [1.54, 1.807) is 7.11 Å². The van der Waals surface area contributed by atoms with Gasteiger partial charge in [0.15, 0.2) is 16.7 Å². The van der Waals surface area contributed by atoms with E-state index < -0.39 is 0 Å². The van der Waals surface area contributed by atoms with Gasteiger partial charge in [0.25, 0.3) is 0 Å². The highest BCUT2D eigenvalue weighted by atomic mass is 32.2. The molecule has 2 aromatic rings. The Bertz CT molecular complexity index is 827. The molecule has 2 aliphatic heterocycles. The van der Waals surface area contributed by atoms with Gasteiger partial charge in [0, 0.05) is 18.0 Å². The van der Waals surface area contributed by atoms with Crippen molar-refractivity contribution < 1.29 is 9.47 Å². The lowest BCUT2D eigenvalue weighted by Crippen LogP contribution is -2.35. The number of pyridine rings is 1. The Kier molecular flexibility index (Phi) is 5.25. The van der Waals surface area contributed by atoms with Crippen molar-refractivity contribution in [3.05, 3.63) is 53.9 Å². The number of rotatable bonds is 6. The highest BCUT2D eigenvalue weighted by Crippen LogP contribution is 2.49. The molecule has 0 bridgehead atoms. The highest BCUT2D eigenvalue weighted by molar-refractivity contribution is 8.14. The summed E-state index contributed by atoms with van der Waals surface area (Å²) in [4.78, 5) is 12.2. The lowest BCUT2D eigenvalue weighted by atomic mass is 9.95. The van der Waals surface area contributed by atoms with Gasteiger partial charge in [-0.05, 0) is 43.2 Å². The zero-order valence-electron chi connectivity index (χ0n) is 16.0. The summed E-state index contributed by atoms with van der Waals surface area (Å²) < 4.78 is 11.3. The van der Waals surface area contributed by atoms with Crippen molar-refractivity contribution >= 4 is 16.9 Å². The van der Waals surface area contributed by atoms with E-state index in [1.807, 2.05) is 43.1 Å². The fraction of sp³-hybridized carbons (Fsp3) is 0.429. The summed E-state index contributed by atoms with van der Waals surface area (Å²) in [6, 6.07) is 12.9. The Morgan fingerprint density at radius 2 is 2.07 bits per heavy atom. The maximum absolute atomic E-state index is 5.83. The Hall–Kier alpha value is -2.21. The number of thioether (sulfide) groups is 1. The molecule has 2 aliphatic rings. The van der Waals surface area contributed by atoms with E-state index in [0.717, 1.165) is 34.5 Å². The van der Waals surface area contributed by atoms with Gasteiger partial charge in [-0.3, -0.25) is 9.98 Å². The molecule has 27 heavy (non-hydrogen) atoms. The molecule has 0 spiro atoms. The van der Waals surface area contributed by atoms with Gasteiger partial charge >= 0.3 is 0 Å². The van der Waals surface area contributed by atoms with Gasteiger partial charge in [-0.25, -0.2) is 0 Å². The van der Waals surface area contributed by atoms with Crippen molar-refractivity contribution in [2.24, 2.45) is 4.99 Å². The average Bonchev–Trinajstić information content (AvgIpc) is 3.28. The lowest BCUT2D eigenvalue weighted by Gasteiger charge is -2.32. The summed E-state index contributed by atoms with van der Waals surface area (Å²) in [5.74, 6) is 2.64. The van der Waals surface area contributed by atoms with Crippen LogP contribution in [-0.4, -0.2) is 40.6 Å². The molecule has 6 heteroatoms. The van der Waals surface area contributed by atoms with Crippen LogP contribution in [0.4, 0.5) is 0 Å². The molecule has 0 aliphatic carbocycles. The summed E-state index contributed by atoms with van der Waals surface area (Å²) in [7, 11) is 1.68. The van der Waals surface area contributed by atoms with Gasteiger partial charge < -0.3 is 14.4 Å². The van der Waals surface area contributed by atoms with E-state index >= 15 is 0 Å². The van der Waals surface area contributed by atoms with Crippen LogP contribution < -0.4 is 9.47 Å². The molecule has 0 unspecified atom stereocenters. The summed E-state index contributed by atoms with van der Waals surface area (Å²) in [5, 5.41) is 1.14. The molecule has 1 saturated heterocycles. The second-order valence-electron chi connectivity index (χ2n) is 6.68. The minimum absolute atomic E-state index is 0.00841. The van der Waals surface area contributed by atoms with Gasteiger partial charge in [-0.1, -0.05) is 30.8 Å². The molecule has 1 aromatic heterocycles. The minimum atomic E-state index is -0.00841. The first-order valence-corrected chi connectivity index (χ1v) is 10.5. The number of hydrogen-bond acceptors (Lipinski definition) is 6. The SMILES string of the molecule is CCOc1cc([C@@H]2[C@H](c3ccccn3)N=C3SC[C@H](CC)N32)ccc1OC. The molecule has 3 atom stereocenters. The first-order valence-electron chi connectivity index (χ1n) is 9.47. The molecule has 0 N–H and O–H groups in total. The quantitative estimate of drug-likeness (QED) is 0.737. The fourth-order valence-corrected chi connectivity index (χ4v) is 5.19. The largest absolute Gasteiger partial charge is 0.493 e. The number of fused-ring (bicyclic) bond motifs is 1. The number of hydrogen-bond donors (Lipinski definition) is 0. The van der Waals surface area contributed by atoms with E-state index in [2.05, 4.69) is 35.0 Å². The molecular formula is C21H25N3O2S. The number of amidine groups is 1. The van der Waals surface area contributed by atoms with Crippen LogP contribution in [0.2, 0.25) is 0 Å². The number of nitrogens with zero attached hydrogens (tertiary/aromatic N) is 3.